The van der Waals surface area contributed by atoms with Crippen molar-refractivity contribution in [2.75, 3.05) is 25.0 Å². The minimum absolute atomic E-state index is 0.0785. The van der Waals surface area contributed by atoms with Gasteiger partial charge in [-0.2, -0.15) is 0 Å². The largest absolute Gasteiger partial charge is 0.325 e. The molecule has 0 bridgehead atoms. The standard InChI is InChI=1S/C21H31N5O3S/c1-14-6-5-9-25(10-14)11-16-13-30-19(22-16)23-17(27)12-26-18(28)21(24-20(26)29)8-4-3-7-15(21)2/h13-15H,3-12H2,1-2H3,(H,24,29)(H,22,23,27). The second-order valence-corrected chi connectivity index (χ2v) is 9.97. The maximum atomic E-state index is 13.0. The molecule has 2 N–H and O–H groups in total. The van der Waals surface area contributed by atoms with Crippen molar-refractivity contribution in [1.29, 1.82) is 0 Å². The lowest BCUT2D eigenvalue weighted by Crippen LogP contribution is -2.54. The molecule has 1 aliphatic carbocycles. The van der Waals surface area contributed by atoms with Gasteiger partial charge in [0.1, 0.15) is 12.1 Å². The van der Waals surface area contributed by atoms with Crippen LogP contribution in [0.4, 0.5) is 9.93 Å². The molecule has 3 aliphatic rings. The molecule has 0 radical (unpaired) electrons. The number of hydrogen-bond acceptors (Lipinski definition) is 6. The number of thiazole rings is 1. The number of carbonyl (C=O) groups excluding carboxylic acids is 3. The van der Waals surface area contributed by atoms with E-state index in [1.807, 2.05) is 12.3 Å². The van der Waals surface area contributed by atoms with Crippen LogP contribution in [0, 0.1) is 11.8 Å². The van der Waals surface area contributed by atoms with E-state index in [0.717, 1.165) is 49.5 Å². The first kappa shape index (κ1) is 21.2. The number of anilines is 1. The summed E-state index contributed by atoms with van der Waals surface area (Å²) in [5.41, 5.74) is 0.101. The van der Waals surface area contributed by atoms with E-state index >= 15 is 0 Å². The fourth-order valence-electron chi connectivity index (χ4n) is 5.04. The summed E-state index contributed by atoms with van der Waals surface area (Å²) in [6.45, 7) is 6.93. The molecule has 1 spiro atoms. The summed E-state index contributed by atoms with van der Waals surface area (Å²) < 4.78 is 0. The number of aromatic nitrogens is 1. The van der Waals surface area contributed by atoms with Crippen LogP contribution in [0.1, 0.15) is 58.1 Å². The molecule has 3 fully saturated rings. The van der Waals surface area contributed by atoms with Gasteiger partial charge >= 0.3 is 6.03 Å². The second-order valence-electron chi connectivity index (χ2n) is 9.11. The number of nitrogens with one attached hydrogen (secondary N) is 2. The Kier molecular flexibility index (Phi) is 6.11. The number of piperidine rings is 1. The van der Waals surface area contributed by atoms with Gasteiger partial charge in [-0.15, -0.1) is 11.3 Å². The van der Waals surface area contributed by atoms with E-state index in [-0.39, 0.29) is 18.4 Å². The van der Waals surface area contributed by atoms with Crippen LogP contribution in [0.2, 0.25) is 0 Å². The molecule has 9 heteroatoms. The van der Waals surface area contributed by atoms with Gasteiger partial charge in [0.2, 0.25) is 5.91 Å². The Balaban J connectivity index is 1.33. The number of rotatable bonds is 5. The summed E-state index contributed by atoms with van der Waals surface area (Å²) in [5.74, 6) is 0.117. The van der Waals surface area contributed by atoms with E-state index in [9.17, 15) is 14.4 Å². The molecule has 4 rings (SSSR count). The molecule has 1 saturated carbocycles. The van der Waals surface area contributed by atoms with Crippen LogP contribution in [-0.2, 0) is 16.1 Å². The fourth-order valence-corrected chi connectivity index (χ4v) is 5.76. The summed E-state index contributed by atoms with van der Waals surface area (Å²) in [6.07, 6.45) is 6.01. The highest BCUT2D eigenvalue weighted by atomic mass is 32.1. The molecule has 30 heavy (non-hydrogen) atoms. The van der Waals surface area contributed by atoms with Crippen LogP contribution in [0.25, 0.3) is 0 Å². The zero-order chi connectivity index (χ0) is 21.3. The molecule has 1 aromatic rings. The summed E-state index contributed by atoms with van der Waals surface area (Å²) in [7, 11) is 0. The van der Waals surface area contributed by atoms with Gasteiger partial charge in [0, 0.05) is 18.5 Å². The normalized spacial score (nSPS) is 30.0. The molecule has 0 aromatic carbocycles. The maximum Gasteiger partial charge on any atom is 0.325 e. The molecular formula is C21H31N5O3S. The van der Waals surface area contributed by atoms with Gasteiger partial charge in [-0.05, 0) is 44.1 Å². The van der Waals surface area contributed by atoms with Gasteiger partial charge in [0.25, 0.3) is 5.91 Å². The number of likely N-dealkylation sites (tertiary alicyclic amines) is 1. The van der Waals surface area contributed by atoms with Crippen LogP contribution >= 0.6 is 11.3 Å². The number of nitrogens with zero attached hydrogens (tertiary/aromatic N) is 3. The summed E-state index contributed by atoms with van der Waals surface area (Å²) in [6, 6.07) is -0.469. The lowest BCUT2D eigenvalue weighted by Gasteiger charge is -2.36. The number of carbonyl (C=O) groups is 3. The predicted octanol–water partition coefficient (Wildman–Crippen LogP) is 2.81. The molecular weight excluding hydrogens is 402 g/mol. The van der Waals surface area contributed by atoms with Crippen LogP contribution in [0.15, 0.2) is 5.38 Å². The quantitative estimate of drug-likeness (QED) is 0.697. The Morgan fingerprint density at radius 3 is 2.90 bits per heavy atom. The minimum atomic E-state index is -0.838. The highest BCUT2D eigenvalue weighted by molar-refractivity contribution is 7.13. The second kappa shape index (κ2) is 8.63. The van der Waals surface area contributed by atoms with Crippen LogP contribution in [-0.4, -0.2) is 57.8 Å². The van der Waals surface area contributed by atoms with Crippen molar-refractivity contribution >= 4 is 34.3 Å². The summed E-state index contributed by atoms with van der Waals surface area (Å²) >= 11 is 1.37. The third-order valence-corrected chi connectivity index (χ3v) is 7.53. The first-order chi connectivity index (χ1) is 14.4. The molecule has 164 valence electrons. The lowest BCUT2D eigenvalue weighted by atomic mass is 9.73. The lowest BCUT2D eigenvalue weighted by molar-refractivity contribution is -0.136. The van der Waals surface area contributed by atoms with E-state index in [2.05, 4.69) is 27.4 Å². The highest BCUT2D eigenvalue weighted by Gasteiger charge is 2.55. The van der Waals surface area contributed by atoms with Crippen LogP contribution in [0.3, 0.4) is 0 Å². The minimum Gasteiger partial charge on any atom is -0.323 e. The number of urea groups is 1. The molecule has 2 aliphatic heterocycles. The molecule has 3 heterocycles. The first-order valence-electron chi connectivity index (χ1n) is 11.0. The summed E-state index contributed by atoms with van der Waals surface area (Å²) in [4.78, 5) is 45.9. The van der Waals surface area contributed by atoms with E-state index in [4.69, 9.17) is 0 Å². The van der Waals surface area contributed by atoms with Crippen molar-refractivity contribution in [3.05, 3.63) is 11.1 Å². The van der Waals surface area contributed by atoms with Gasteiger partial charge < -0.3 is 10.6 Å². The Morgan fingerprint density at radius 1 is 1.30 bits per heavy atom. The Labute approximate surface area is 181 Å². The van der Waals surface area contributed by atoms with Gasteiger partial charge in [-0.25, -0.2) is 9.78 Å². The van der Waals surface area contributed by atoms with Crippen molar-refractivity contribution in [2.45, 2.75) is 64.5 Å². The molecule has 4 amide bonds. The summed E-state index contributed by atoms with van der Waals surface area (Å²) in [5, 5.41) is 8.10. The first-order valence-corrected chi connectivity index (χ1v) is 11.9. The number of amides is 4. The molecule has 2 saturated heterocycles. The third-order valence-electron chi connectivity index (χ3n) is 6.73. The molecule has 3 unspecified atom stereocenters. The molecule has 8 nitrogen and oxygen atoms in total. The zero-order valence-corrected chi connectivity index (χ0v) is 18.6. The monoisotopic (exact) mass is 433 g/mol. The SMILES string of the molecule is CC1CCCN(Cc2csc(NC(=O)CN3C(=O)NC4(CCCCC4C)C3=O)n2)C1. The topological polar surface area (TPSA) is 94.6 Å². The Morgan fingerprint density at radius 2 is 2.13 bits per heavy atom. The maximum absolute atomic E-state index is 13.0. The average Bonchev–Trinajstić information content (AvgIpc) is 3.22. The Hall–Kier alpha value is -2.00. The van der Waals surface area contributed by atoms with Crippen LogP contribution < -0.4 is 10.6 Å². The van der Waals surface area contributed by atoms with E-state index < -0.39 is 17.5 Å². The van der Waals surface area contributed by atoms with Gasteiger partial charge in [0.05, 0.1) is 5.69 Å². The van der Waals surface area contributed by atoms with E-state index in [0.29, 0.717) is 17.5 Å². The van der Waals surface area contributed by atoms with Gasteiger partial charge in [-0.3, -0.25) is 19.4 Å². The average molecular weight is 434 g/mol. The third kappa shape index (κ3) is 4.23. The van der Waals surface area contributed by atoms with Crippen molar-refractivity contribution in [1.82, 2.24) is 20.1 Å². The Bertz CT molecular complexity index is 827. The van der Waals surface area contributed by atoms with Crippen molar-refractivity contribution in [2.24, 2.45) is 11.8 Å². The van der Waals surface area contributed by atoms with E-state index in [1.165, 1.54) is 24.2 Å². The van der Waals surface area contributed by atoms with Gasteiger partial charge in [0.15, 0.2) is 5.13 Å². The van der Waals surface area contributed by atoms with Crippen molar-refractivity contribution in [3.63, 3.8) is 0 Å². The van der Waals surface area contributed by atoms with Crippen molar-refractivity contribution < 1.29 is 14.4 Å². The predicted molar refractivity (Wildman–Crippen MR) is 115 cm³/mol. The number of imide groups is 1. The molecule has 1 aromatic heterocycles. The highest BCUT2D eigenvalue weighted by Crippen LogP contribution is 2.38. The fraction of sp³-hybridized carbons (Fsp3) is 0.714. The van der Waals surface area contributed by atoms with E-state index in [1.54, 1.807) is 0 Å². The van der Waals surface area contributed by atoms with Crippen LogP contribution in [0.5, 0.6) is 0 Å². The number of hydrogen-bond donors (Lipinski definition) is 2. The smallest absolute Gasteiger partial charge is 0.323 e. The van der Waals surface area contributed by atoms with Crippen molar-refractivity contribution in [3.8, 4) is 0 Å². The van der Waals surface area contributed by atoms with Gasteiger partial charge in [-0.1, -0.05) is 26.7 Å². The molecule has 3 atom stereocenters. The zero-order valence-electron chi connectivity index (χ0n) is 17.8.